The largest absolute Gasteiger partial charge is 0.488 e. The molecule has 0 aromatic heterocycles. The van der Waals surface area contributed by atoms with Gasteiger partial charge in [-0.2, -0.15) is 8.42 Å². The van der Waals surface area contributed by atoms with Gasteiger partial charge in [-0.05, 0) is 43.3 Å². The predicted molar refractivity (Wildman–Crippen MR) is 105 cm³/mol. The Bertz CT molecular complexity index is 815. The second kappa shape index (κ2) is 8.98. The van der Waals surface area contributed by atoms with E-state index < -0.39 is 10.1 Å². The molecule has 1 aliphatic heterocycles. The Kier molecular flexibility index (Phi) is 6.97. The van der Waals surface area contributed by atoms with Crippen molar-refractivity contribution in [3.05, 3.63) is 71.3 Å². The average molecular weight is 375 g/mol. The van der Waals surface area contributed by atoms with E-state index in [2.05, 4.69) is 67.5 Å². The first-order chi connectivity index (χ1) is 12.3. The lowest BCUT2D eigenvalue weighted by Crippen LogP contribution is -2.12. The van der Waals surface area contributed by atoms with Gasteiger partial charge in [0.05, 0.1) is 6.26 Å². The summed E-state index contributed by atoms with van der Waals surface area (Å²) in [4.78, 5) is 2.21. The van der Waals surface area contributed by atoms with Crippen LogP contribution in [0.4, 0.5) is 0 Å². The molecule has 1 aliphatic rings. The lowest BCUT2D eigenvalue weighted by atomic mass is 9.93. The molecule has 2 aromatic rings. The number of benzene rings is 2. The van der Waals surface area contributed by atoms with Gasteiger partial charge in [-0.3, -0.25) is 4.55 Å². The van der Waals surface area contributed by atoms with Crippen molar-refractivity contribution in [1.82, 2.24) is 4.90 Å². The number of nitrogens with zero attached hydrogens (tertiary/aromatic N) is 1. The van der Waals surface area contributed by atoms with Crippen LogP contribution in [0.3, 0.4) is 0 Å². The van der Waals surface area contributed by atoms with Crippen LogP contribution in [0.2, 0.25) is 0 Å². The summed E-state index contributed by atoms with van der Waals surface area (Å²) in [5.74, 6) is 0.977. The standard InChI is InChI=1S/C19H21NO.CH4O3S/c1-20(2)13-7-11-17-16-9-4-3-8-15(16)14-21-19-12-6-5-10-18(17)19;1-5(2,3)4/h3-6,8-12H,7,13-14H2,1-2H3;1H3,(H,2,3,4). The minimum Gasteiger partial charge on any atom is -0.488 e. The highest BCUT2D eigenvalue weighted by Crippen LogP contribution is 2.36. The fourth-order valence-corrected chi connectivity index (χ4v) is 2.71. The van der Waals surface area contributed by atoms with Crippen LogP contribution in [0.15, 0.2) is 54.6 Å². The number of hydrogen-bond acceptors (Lipinski definition) is 4. The fourth-order valence-electron chi connectivity index (χ4n) is 2.71. The molecule has 0 spiro atoms. The average Bonchev–Trinajstić information content (AvgIpc) is 2.71. The number of para-hydroxylation sites is 1. The van der Waals surface area contributed by atoms with Crippen molar-refractivity contribution in [3.63, 3.8) is 0 Å². The summed E-state index contributed by atoms with van der Waals surface area (Å²) in [6.07, 6.45) is 4.09. The van der Waals surface area contributed by atoms with E-state index in [1.807, 2.05) is 6.07 Å². The van der Waals surface area contributed by atoms with Crippen molar-refractivity contribution in [2.75, 3.05) is 26.9 Å². The first-order valence-electron chi connectivity index (χ1n) is 8.33. The first-order valence-corrected chi connectivity index (χ1v) is 10.2. The fraction of sp³-hybridized carbons (Fsp3) is 0.300. The zero-order valence-electron chi connectivity index (χ0n) is 15.3. The third-order valence-corrected chi connectivity index (χ3v) is 3.79. The van der Waals surface area contributed by atoms with E-state index in [4.69, 9.17) is 9.29 Å². The van der Waals surface area contributed by atoms with Gasteiger partial charge in [-0.15, -0.1) is 0 Å². The van der Waals surface area contributed by atoms with Crippen LogP contribution < -0.4 is 4.74 Å². The van der Waals surface area contributed by atoms with E-state index in [0.29, 0.717) is 12.9 Å². The molecule has 5 nitrogen and oxygen atoms in total. The number of fused-ring (bicyclic) bond motifs is 2. The van der Waals surface area contributed by atoms with Crippen molar-refractivity contribution in [2.24, 2.45) is 0 Å². The van der Waals surface area contributed by atoms with E-state index in [9.17, 15) is 8.42 Å². The van der Waals surface area contributed by atoms with E-state index >= 15 is 0 Å². The van der Waals surface area contributed by atoms with Gasteiger partial charge in [0.15, 0.2) is 0 Å². The molecule has 3 rings (SSSR count). The maximum absolute atomic E-state index is 9.19. The molecular formula is C20H25NO4S. The normalized spacial score (nSPS) is 14.6. The molecule has 0 bridgehead atoms. The van der Waals surface area contributed by atoms with E-state index in [1.54, 1.807) is 0 Å². The quantitative estimate of drug-likeness (QED) is 0.832. The van der Waals surface area contributed by atoms with Gasteiger partial charge in [0.1, 0.15) is 12.4 Å². The molecule has 2 aromatic carbocycles. The van der Waals surface area contributed by atoms with Crippen molar-refractivity contribution >= 4 is 15.7 Å². The van der Waals surface area contributed by atoms with Crippen LogP contribution in [0.25, 0.3) is 5.57 Å². The highest BCUT2D eigenvalue weighted by molar-refractivity contribution is 7.85. The van der Waals surface area contributed by atoms with Crippen molar-refractivity contribution in [1.29, 1.82) is 0 Å². The highest BCUT2D eigenvalue weighted by atomic mass is 32.2. The van der Waals surface area contributed by atoms with Gasteiger partial charge >= 0.3 is 0 Å². The van der Waals surface area contributed by atoms with E-state index in [-0.39, 0.29) is 0 Å². The van der Waals surface area contributed by atoms with Gasteiger partial charge in [0, 0.05) is 12.1 Å². The molecule has 1 heterocycles. The molecule has 0 amide bonds. The molecule has 0 unspecified atom stereocenters. The molecule has 1 N–H and O–H groups in total. The van der Waals surface area contributed by atoms with Gasteiger partial charge in [0.25, 0.3) is 10.1 Å². The summed E-state index contributed by atoms with van der Waals surface area (Å²) in [7, 11) is 0.549. The van der Waals surface area contributed by atoms with Crippen LogP contribution >= 0.6 is 0 Å². The van der Waals surface area contributed by atoms with Gasteiger partial charge < -0.3 is 9.64 Å². The maximum Gasteiger partial charge on any atom is 0.261 e. The lowest BCUT2D eigenvalue weighted by molar-refractivity contribution is 0.307. The third kappa shape index (κ3) is 6.29. The Labute approximate surface area is 155 Å². The van der Waals surface area contributed by atoms with Crippen LogP contribution in [0.5, 0.6) is 5.75 Å². The number of rotatable bonds is 3. The summed E-state index contributed by atoms with van der Waals surface area (Å²) in [5, 5.41) is 0. The van der Waals surface area contributed by atoms with E-state index in [0.717, 1.165) is 18.7 Å². The molecule has 0 fully saturated rings. The van der Waals surface area contributed by atoms with Crippen LogP contribution in [-0.2, 0) is 16.7 Å². The summed E-state index contributed by atoms with van der Waals surface area (Å²) in [5.41, 5.74) is 5.03. The Morgan fingerprint density at radius 2 is 1.65 bits per heavy atom. The Balaban J connectivity index is 0.000000431. The molecule has 6 heteroatoms. The zero-order valence-corrected chi connectivity index (χ0v) is 16.2. The molecule has 26 heavy (non-hydrogen) atoms. The Morgan fingerprint density at radius 1 is 1.08 bits per heavy atom. The minimum absolute atomic E-state index is 0.637. The first kappa shape index (κ1) is 20.2. The number of hydrogen-bond donors (Lipinski definition) is 1. The monoisotopic (exact) mass is 375 g/mol. The lowest BCUT2D eigenvalue weighted by Gasteiger charge is -2.12. The van der Waals surface area contributed by atoms with Crippen LogP contribution in [-0.4, -0.2) is 44.8 Å². The smallest absolute Gasteiger partial charge is 0.261 e. The molecule has 140 valence electrons. The van der Waals surface area contributed by atoms with Crippen molar-refractivity contribution < 1.29 is 17.7 Å². The molecule has 0 saturated carbocycles. The van der Waals surface area contributed by atoms with Crippen LogP contribution in [0.1, 0.15) is 23.1 Å². The topological polar surface area (TPSA) is 66.8 Å². The summed E-state index contributed by atoms with van der Waals surface area (Å²) in [6, 6.07) is 16.9. The van der Waals surface area contributed by atoms with Gasteiger partial charge in [-0.25, -0.2) is 0 Å². The second-order valence-corrected chi connectivity index (χ2v) is 7.85. The van der Waals surface area contributed by atoms with Crippen molar-refractivity contribution in [2.45, 2.75) is 13.0 Å². The second-order valence-electron chi connectivity index (χ2n) is 6.38. The molecule has 0 atom stereocenters. The number of ether oxygens (including phenoxy) is 1. The third-order valence-electron chi connectivity index (χ3n) is 3.79. The van der Waals surface area contributed by atoms with Crippen LogP contribution in [0, 0.1) is 0 Å². The van der Waals surface area contributed by atoms with Gasteiger partial charge in [-0.1, -0.05) is 48.5 Å². The predicted octanol–water partition coefficient (Wildman–Crippen LogP) is 3.47. The summed E-state index contributed by atoms with van der Waals surface area (Å²) < 4.78 is 31.8. The maximum atomic E-state index is 9.19. The van der Waals surface area contributed by atoms with Crippen molar-refractivity contribution in [3.8, 4) is 5.75 Å². The molecule has 0 radical (unpaired) electrons. The highest BCUT2D eigenvalue weighted by Gasteiger charge is 2.17. The Morgan fingerprint density at radius 3 is 2.31 bits per heavy atom. The minimum atomic E-state index is -3.67. The molecule has 0 saturated heterocycles. The zero-order chi connectivity index (χ0) is 19.2. The Hall–Kier alpha value is -2.15. The van der Waals surface area contributed by atoms with E-state index in [1.165, 1.54) is 22.3 Å². The summed E-state index contributed by atoms with van der Waals surface area (Å²) >= 11 is 0. The molecular weight excluding hydrogens is 350 g/mol. The van der Waals surface area contributed by atoms with Gasteiger partial charge in [0.2, 0.25) is 0 Å². The summed E-state index contributed by atoms with van der Waals surface area (Å²) in [6.45, 7) is 1.69. The molecule has 0 aliphatic carbocycles. The SMILES string of the molecule is CN(C)CCC=C1c2ccccc2COc2ccccc21.CS(=O)(=O)O.